The summed E-state index contributed by atoms with van der Waals surface area (Å²) < 4.78 is 0. The van der Waals surface area contributed by atoms with Crippen molar-refractivity contribution in [3.05, 3.63) is 23.9 Å². The highest BCUT2D eigenvalue weighted by Gasteiger charge is 2.26. The Morgan fingerprint density at radius 3 is 2.50 bits per heavy atom. The Morgan fingerprint density at radius 2 is 2.00 bits per heavy atom. The van der Waals surface area contributed by atoms with E-state index in [9.17, 15) is 0 Å². The van der Waals surface area contributed by atoms with Crippen molar-refractivity contribution in [2.45, 2.75) is 33.7 Å². The second-order valence-corrected chi connectivity index (χ2v) is 5.59. The van der Waals surface area contributed by atoms with Gasteiger partial charge in [0.1, 0.15) is 5.82 Å². The molecule has 0 radical (unpaired) electrons. The average Bonchev–Trinajstić information content (AvgIpc) is 2.70. The van der Waals surface area contributed by atoms with Gasteiger partial charge in [-0.15, -0.1) is 0 Å². The minimum Gasteiger partial charge on any atom is -0.356 e. The molecule has 1 aliphatic rings. The number of anilines is 1. The molecule has 0 bridgehead atoms. The van der Waals surface area contributed by atoms with Crippen molar-refractivity contribution in [1.29, 1.82) is 0 Å². The zero-order valence-corrected chi connectivity index (χ0v) is 12.0. The summed E-state index contributed by atoms with van der Waals surface area (Å²) in [4.78, 5) is 7.02. The highest BCUT2D eigenvalue weighted by atomic mass is 15.2. The van der Waals surface area contributed by atoms with Crippen LogP contribution in [0.4, 0.5) is 5.82 Å². The quantitative estimate of drug-likeness (QED) is 0.887. The van der Waals surface area contributed by atoms with E-state index >= 15 is 0 Å². The molecule has 3 atom stereocenters. The van der Waals surface area contributed by atoms with Crippen LogP contribution in [0.15, 0.2) is 18.3 Å². The number of nitrogens with one attached hydrogen (secondary N) is 1. The molecule has 0 spiro atoms. The lowest BCUT2D eigenvalue weighted by Gasteiger charge is -2.18. The van der Waals surface area contributed by atoms with Crippen LogP contribution in [0.1, 0.15) is 39.3 Å². The van der Waals surface area contributed by atoms with Crippen LogP contribution in [0.2, 0.25) is 0 Å². The van der Waals surface area contributed by atoms with Crippen molar-refractivity contribution < 1.29 is 0 Å². The summed E-state index contributed by atoms with van der Waals surface area (Å²) in [5.74, 6) is 2.66. The van der Waals surface area contributed by atoms with Crippen LogP contribution in [0.5, 0.6) is 0 Å². The van der Waals surface area contributed by atoms with E-state index in [2.05, 4.69) is 55.0 Å². The molecule has 1 saturated heterocycles. The van der Waals surface area contributed by atoms with Crippen LogP contribution in [0.25, 0.3) is 0 Å². The molecule has 0 amide bonds. The van der Waals surface area contributed by atoms with E-state index < -0.39 is 0 Å². The largest absolute Gasteiger partial charge is 0.356 e. The summed E-state index contributed by atoms with van der Waals surface area (Å²) in [5.41, 5.74) is 1.26. The summed E-state index contributed by atoms with van der Waals surface area (Å²) in [5, 5.41) is 3.41. The van der Waals surface area contributed by atoms with Gasteiger partial charge in [-0.05, 0) is 36.9 Å². The minimum atomic E-state index is 0.382. The molecule has 1 fully saturated rings. The van der Waals surface area contributed by atoms with Gasteiger partial charge in [0.2, 0.25) is 0 Å². The zero-order chi connectivity index (χ0) is 13.1. The molecule has 1 aromatic heterocycles. The van der Waals surface area contributed by atoms with Crippen LogP contribution in [-0.4, -0.2) is 24.6 Å². The van der Waals surface area contributed by atoms with Crippen LogP contribution >= 0.6 is 0 Å². The lowest BCUT2D eigenvalue weighted by atomic mass is 10.0. The van der Waals surface area contributed by atoms with Gasteiger partial charge in [-0.25, -0.2) is 4.98 Å². The maximum Gasteiger partial charge on any atom is 0.128 e. The Kier molecular flexibility index (Phi) is 4.23. The number of hydrogen-bond donors (Lipinski definition) is 1. The molecular weight excluding hydrogens is 222 g/mol. The number of pyridine rings is 1. The van der Waals surface area contributed by atoms with E-state index in [1.165, 1.54) is 5.56 Å². The molecule has 0 aromatic carbocycles. The fourth-order valence-corrected chi connectivity index (χ4v) is 2.58. The van der Waals surface area contributed by atoms with Gasteiger partial charge in [-0.3, -0.25) is 0 Å². The minimum absolute atomic E-state index is 0.382. The zero-order valence-electron chi connectivity index (χ0n) is 12.0. The average molecular weight is 247 g/mol. The molecule has 1 aliphatic heterocycles. The van der Waals surface area contributed by atoms with Gasteiger partial charge in [0.05, 0.1) is 0 Å². The van der Waals surface area contributed by atoms with E-state index in [0.29, 0.717) is 6.04 Å². The first-order valence-electron chi connectivity index (χ1n) is 7.06. The maximum atomic E-state index is 4.62. The fourth-order valence-electron chi connectivity index (χ4n) is 2.58. The third kappa shape index (κ3) is 2.83. The van der Waals surface area contributed by atoms with Gasteiger partial charge < -0.3 is 10.2 Å². The van der Waals surface area contributed by atoms with Gasteiger partial charge in [0, 0.05) is 25.3 Å². The second kappa shape index (κ2) is 5.70. The van der Waals surface area contributed by atoms with Crippen LogP contribution in [0.3, 0.4) is 0 Å². The van der Waals surface area contributed by atoms with Crippen LogP contribution in [0, 0.1) is 11.8 Å². The molecule has 2 heterocycles. The molecule has 2 rings (SSSR count). The molecular formula is C15H25N3. The molecule has 100 valence electrons. The van der Waals surface area contributed by atoms with Crippen molar-refractivity contribution in [3.63, 3.8) is 0 Å². The second-order valence-electron chi connectivity index (χ2n) is 5.59. The van der Waals surface area contributed by atoms with Gasteiger partial charge in [-0.1, -0.05) is 26.8 Å². The van der Waals surface area contributed by atoms with E-state index in [1.807, 2.05) is 6.20 Å². The lowest BCUT2D eigenvalue weighted by molar-refractivity contribution is 0.494. The number of aromatic nitrogens is 1. The van der Waals surface area contributed by atoms with Gasteiger partial charge in [0.15, 0.2) is 0 Å². The molecule has 0 saturated carbocycles. The van der Waals surface area contributed by atoms with Crippen molar-refractivity contribution in [1.82, 2.24) is 10.3 Å². The predicted molar refractivity (Wildman–Crippen MR) is 76.9 cm³/mol. The Morgan fingerprint density at radius 1 is 1.33 bits per heavy atom. The summed E-state index contributed by atoms with van der Waals surface area (Å²) in [6.45, 7) is 12.2. The molecule has 3 heteroatoms. The Bertz CT molecular complexity index is 364. The molecule has 3 unspecified atom stereocenters. The first-order chi connectivity index (χ1) is 8.61. The Balaban J connectivity index is 2.04. The Labute approximate surface area is 111 Å². The standard InChI is InChI=1S/C15H25N3/c1-5-16-13(4)14-6-7-15(17-8-14)18-9-11(2)12(3)10-18/h6-8,11-13,16H,5,9-10H2,1-4H3. The molecule has 3 nitrogen and oxygen atoms in total. The summed E-state index contributed by atoms with van der Waals surface area (Å²) in [6.07, 6.45) is 2.01. The topological polar surface area (TPSA) is 28.2 Å². The van der Waals surface area contributed by atoms with Crippen molar-refractivity contribution in [3.8, 4) is 0 Å². The van der Waals surface area contributed by atoms with Gasteiger partial charge >= 0.3 is 0 Å². The van der Waals surface area contributed by atoms with E-state index in [4.69, 9.17) is 0 Å². The summed E-state index contributed by atoms with van der Waals surface area (Å²) in [6, 6.07) is 4.74. The Hall–Kier alpha value is -1.09. The van der Waals surface area contributed by atoms with Crippen LogP contribution in [-0.2, 0) is 0 Å². The van der Waals surface area contributed by atoms with Crippen molar-refractivity contribution in [2.75, 3.05) is 24.5 Å². The SMILES string of the molecule is CCNC(C)c1ccc(N2CC(C)C(C)C2)nc1. The van der Waals surface area contributed by atoms with Crippen LogP contribution < -0.4 is 10.2 Å². The fraction of sp³-hybridized carbons (Fsp3) is 0.667. The number of nitrogens with zero attached hydrogens (tertiary/aromatic N) is 2. The van der Waals surface area contributed by atoms with E-state index in [-0.39, 0.29) is 0 Å². The number of hydrogen-bond acceptors (Lipinski definition) is 3. The molecule has 1 N–H and O–H groups in total. The van der Waals surface area contributed by atoms with E-state index in [0.717, 1.165) is 37.3 Å². The number of rotatable bonds is 4. The first-order valence-corrected chi connectivity index (χ1v) is 7.06. The maximum absolute atomic E-state index is 4.62. The third-order valence-corrected chi connectivity index (χ3v) is 4.09. The molecule has 1 aromatic rings. The summed E-state index contributed by atoms with van der Waals surface area (Å²) in [7, 11) is 0. The smallest absolute Gasteiger partial charge is 0.128 e. The van der Waals surface area contributed by atoms with Crippen molar-refractivity contribution in [2.24, 2.45) is 11.8 Å². The molecule has 0 aliphatic carbocycles. The van der Waals surface area contributed by atoms with E-state index in [1.54, 1.807) is 0 Å². The molecule has 18 heavy (non-hydrogen) atoms. The normalized spacial score (nSPS) is 25.4. The predicted octanol–water partition coefficient (Wildman–Crippen LogP) is 2.84. The highest BCUT2D eigenvalue weighted by molar-refractivity contribution is 5.41. The lowest BCUT2D eigenvalue weighted by Crippen LogP contribution is -2.21. The summed E-state index contributed by atoms with van der Waals surface area (Å²) >= 11 is 0. The first kappa shape index (κ1) is 13.3. The van der Waals surface area contributed by atoms with Gasteiger partial charge in [0.25, 0.3) is 0 Å². The highest BCUT2D eigenvalue weighted by Crippen LogP contribution is 2.26. The monoisotopic (exact) mass is 247 g/mol. The van der Waals surface area contributed by atoms with Crippen molar-refractivity contribution >= 4 is 5.82 Å². The third-order valence-electron chi connectivity index (χ3n) is 4.09. The van der Waals surface area contributed by atoms with Gasteiger partial charge in [-0.2, -0.15) is 0 Å².